The minimum absolute atomic E-state index is 0.377. The van der Waals surface area contributed by atoms with E-state index in [-0.39, 0.29) is 6.10 Å². The van der Waals surface area contributed by atoms with Crippen LogP contribution in [0.3, 0.4) is 0 Å². The van der Waals surface area contributed by atoms with E-state index in [1.165, 1.54) is 0 Å². The zero-order valence-electron chi connectivity index (χ0n) is 11.5. The number of primary amides is 1. The largest absolute Gasteiger partial charge is 0.388 e. The molecule has 0 saturated heterocycles. The van der Waals surface area contributed by atoms with Crippen molar-refractivity contribution in [1.82, 2.24) is 4.57 Å². The maximum absolute atomic E-state index is 11.3. The Morgan fingerprint density at radius 1 is 1.40 bits per heavy atom. The van der Waals surface area contributed by atoms with Crippen molar-refractivity contribution in [3.63, 3.8) is 0 Å². The van der Waals surface area contributed by atoms with Crippen LogP contribution in [0.4, 0.5) is 0 Å². The van der Waals surface area contributed by atoms with Crippen molar-refractivity contribution in [2.45, 2.75) is 32.3 Å². The number of carbonyl (C=O) groups excluding carboxylic acids is 1. The number of fused-ring (bicyclic) bond motifs is 1. The van der Waals surface area contributed by atoms with Crippen LogP contribution in [0.2, 0.25) is 0 Å². The number of benzene rings is 1. The van der Waals surface area contributed by atoms with Crippen LogP contribution in [0.15, 0.2) is 30.3 Å². The van der Waals surface area contributed by atoms with Crippen LogP contribution < -0.4 is 5.73 Å². The van der Waals surface area contributed by atoms with Crippen molar-refractivity contribution in [3.8, 4) is 5.69 Å². The van der Waals surface area contributed by atoms with Gasteiger partial charge in [0.15, 0.2) is 0 Å². The molecule has 3 N–H and O–H groups in total. The van der Waals surface area contributed by atoms with E-state index in [9.17, 15) is 9.90 Å². The van der Waals surface area contributed by atoms with E-state index >= 15 is 0 Å². The van der Waals surface area contributed by atoms with Gasteiger partial charge >= 0.3 is 0 Å². The lowest BCUT2D eigenvalue weighted by Crippen LogP contribution is -2.13. The van der Waals surface area contributed by atoms with Gasteiger partial charge < -0.3 is 15.4 Å². The van der Waals surface area contributed by atoms with Gasteiger partial charge in [0.05, 0.1) is 6.10 Å². The van der Waals surface area contributed by atoms with Crippen molar-refractivity contribution < 1.29 is 9.90 Å². The lowest BCUT2D eigenvalue weighted by atomic mass is 9.95. The van der Waals surface area contributed by atoms with Crippen LogP contribution in [-0.2, 0) is 6.42 Å². The Morgan fingerprint density at radius 3 is 2.95 bits per heavy atom. The maximum Gasteiger partial charge on any atom is 0.248 e. The summed E-state index contributed by atoms with van der Waals surface area (Å²) in [6, 6.07) is 9.35. The highest BCUT2D eigenvalue weighted by molar-refractivity contribution is 5.93. The quantitative estimate of drug-likeness (QED) is 0.878. The van der Waals surface area contributed by atoms with Crippen LogP contribution in [-0.4, -0.2) is 15.6 Å². The molecule has 0 aliphatic heterocycles. The molecule has 4 heteroatoms. The van der Waals surface area contributed by atoms with Crippen molar-refractivity contribution in [2.75, 3.05) is 0 Å². The molecule has 1 atom stereocenters. The lowest BCUT2D eigenvalue weighted by Gasteiger charge is -2.20. The van der Waals surface area contributed by atoms with E-state index in [0.717, 1.165) is 41.9 Å². The van der Waals surface area contributed by atoms with E-state index in [1.807, 2.05) is 25.1 Å². The Bertz CT molecular complexity index is 673. The minimum atomic E-state index is -0.425. The number of hydrogen-bond donors (Lipinski definition) is 2. The number of aromatic nitrogens is 1. The number of aliphatic hydroxyl groups excluding tert-OH is 1. The van der Waals surface area contributed by atoms with E-state index in [0.29, 0.717) is 5.56 Å². The van der Waals surface area contributed by atoms with E-state index in [4.69, 9.17) is 5.73 Å². The molecule has 1 amide bonds. The topological polar surface area (TPSA) is 68.2 Å². The first kappa shape index (κ1) is 12.9. The van der Waals surface area contributed by atoms with E-state index in [1.54, 1.807) is 12.1 Å². The summed E-state index contributed by atoms with van der Waals surface area (Å²) in [6.07, 6.45) is 2.37. The van der Waals surface area contributed by atoms with Gasteiger partial charge in [0.25, 0.3) is 0 Å². The predicted molar refractivity (Wildman–Crippen MR) is 76.9 cm³/mol. The fourth-order valence-electron chi connectivity index (χ4n) is 3.04. The van der Waals surface area contributed by atoms with Crippen molar-refractivity contribution >= 4 is 5.91 Å². The second-order valence-corrected chi connectivity index (χ2v) is 5.35. The fraction of sp³-hybridized carbons (Fsp3) is 0.312. The van der Waals surface area contributed by atoms with Crippen LogP contribution in [0.25, 0.3) is 5.69 Å². The van der Waals surface area contributed by atoms with Crippen LogP contribution in [0, 0.1) is 6.92 Å². The molecule has 0 bridgehead atoms. The van der Waals surface area contributed by atoms with Gasteiger partial charge in [0.2, 0.25) is 5.91 Å². The highest BCUT2D eigenvalue weighted by atomic mass is 16.3. The molecule has 0 saturated carbocycles. The van der Waals surface area contributed by atoms with Gasteiger partial charge in [0, 0.05) is 28.2 Å². The third-order valence-electron chi connectivity index (χ3n) is 3.96. The van der Waals surface area contributed by atoms with Gasteiger partial charge in [-0.25, -0.2) is 0 Å². The van der Waals surface area contributed by atoms with Crippen LogP contribution in [0.5, 0.6) is 0 Å². The Labute approximate surface area is 117 Å². The molecule has 0 radical (unpaired) electrons. The van der Waals surface area contributed by atoms with Gasteiger partial charge in [-0.3, -0.25) is 4.79 Å². The molecule has 1 heterocycles. The Morgan fingerprint density at radius 2 is 2.20 bits per heavy atom. The minimum Gasteiger partial charge on any atom is -0.388 e. The molecular weight excluding hydrogens is 252 g/mol. The first-order valence-corrected chi connectivity index (χ1v) is 6.87. The molecule has 2 aromatic rings. The Balaban J connectivity index is 2.15. The summed E-state index contributed by atoms with van der Waals surface area (Å²) in [4.78, 5) is 11.3. The summed E-state index contributed by atoms with van der Waals surface area (Å²) in [5, 5.41) is 10.1. The molecule has 104 valence electrons. The number of nitrogens with two attached hydrogens (primary N) is 1. The first-order chi connectivity index (χ1) is 9.58. The SMILES string of the molecule is Cc1cc2c(n1-c1cccc(C(N)=O)c1)CCCC2O. The zero-order chi connectivity index (χ0) is 14.3. The monoisotopic (exact) mass is 270 g/mol. The predicted octanol–water partition coefficient (Wildman–Crippen LogP) is 2.25. The van der Waals surface area contributed by atoms with E-state index < -0.39 is 5.91 Å². The number of carbonyl (C=O) groups is 1. The molecule has 1 unspecified atom stereocenters. The van der Waals surface area contributed by atoms with Crippen molar-refractivity contribution in [3.05, 3.63) is 52.8 Å². The molecule has 1 aliphatic rings. The molecule has 1 aliphatic carbocycles. The Hall–Kier alpha value is -2.07. The fourth-order valence-corrected chi connectivity index (χ4v) is 3.04. The van der Waals surface area contributed by atoms with Gasteiger partial charge in [0.1, 0.15) is 0 Å². The molecule has 0 fully saturated rings. The number of aryl methyl sites for hydroxylation is 1. The highest BCUT2D eigenvalue weighted by Gasteiger charge is 2.23. The lowest BCUT2D eigenvalue weighted by molar-refractivity contribution is 0.1000. The third kappa shape index (κ3) is 2.02. The highest BCUT2D eigenvalue weighted by Crippen LogP contribution is 2.34. The van der Waals surface area contributed by atoms with Gasteiger partial charge in [-0.15, -0.1) is 0 Å². The molecule has 20 heavy (non-hydrogen) atoms. The molecule has 3 rings (SSSR count). The number of aliphatic hydroxyl groups is 1. The summed E-state index contributed by atoms with van der Waals surface area (Å²) >= 11 is 0. The summed E-state index contributed by atoms with van der Waals surface area (Å²) in [5.41, 5.74) is 9.99. The maximum atomic E-state index is 11.3. The Kier molecular flexibility index (Phi) is 3.10. The molecule has 4 nitrogen and oxygen atoms in total. The standard InChI is InChI=1S/C16H18N2O2/c1-10-8-13-14(6-3-7-15(13)19)18(10)12-5-2-4-11(9-12)16(17)20/h2,4-5,8-9,15,19H,3,6-7H2,1H3,(H2,17,20). The van der Waals surface area contributed by atoms with Crippen LogP contribution >= 0.6 is 0 Å². The van der Waals surface area contributed by atoms with Crippen molar-refractivity contribution in [2.24, 2.45) is 5.73 Å². The summed E-state index contributed by atoms with van der Waals surface area (Å²) < 4.78 is 2.12. The zero-order valence-corrected chi connectivity index (χ0v) is 11.5. The average molecular weight is 270 g/mol. The number of amides is 1. The summed E-state index contributed by atoms with van der Waals surface area (Å²) in [7, 11) is 0. The molecular formula is C16H18N2O2. The molecule has 0 spiro atoms. The smallest absolute Gasteiger partial charge is 0.248 e. The second kappa shape index (κ2) is 4.80. The normalized spacial score (nSPS) is 17.8. The summed E-state index contributed by atoms with van der Waals surface area (Å²) in [6.45, 7) is 2.02. The van der Waals surface area contributed by atoms with Crippen molar-refractivity contribution in [1.29, 1.82) is 0 Å². The molecule has 1 aromatic carbocycles. The average Bonchev–Trinajstić information content (AvgIpc) is 2.77. The third-order valence-corrected chi connectivity index (χ3v) is 3.96. The molecule has 1 aromatic heterocycles. The van der Waals surface area contributed by atoms with Gasteiger partial charge in [-0.2, -0.15) is 0 Å². The van der Waals surface area contributed by atoms with Crippen LogP contribution in [0.1, 0.15) is 46.3 Å². The van der Waals surface area contributed by atoms with E-state index in [2.05, 4.69) is 4.57 Å². The number of nitrogens with zero attached hydrogens (tertiary/aromatic N) is 1. The summed E-state index contributed by atoms with van der Waals surface area (Å²) in [5.74, 6) is -0.425. The van der Waals surface area contributed by atoms with Gasteiger partial charge in [-0.1, -0.05) is 6.07 Å². The van der Waals surface area contributed by atoms with Gasteiger partial charge in [-0.05, 0) is 50.5 Å². The number of hydrogen-bond acceptors (Lipinski definition) is 2. The first-order valence-electron chi connectivity index (χ1n) is 6.87. The second-order valence-electron chi connectivity index (χ2n) is 5.35. The number of rotatable bonds is 2.